The molecule has 0 amide bonds. The minimum absolute atomic E-state index is 0.315. The van der Waals surface area contributed by atoms with Crippen LogP contribution in [0, 0.1) is 0 Å². The second-order valence-corrected chi connectivity index (χ2v) is 3.73. The van der Waals surface area contributed by atoms with E-state index in [0.29, 0.717) is 12.0 Å². The Kier molecular flexibility index (Phi) is 2.62. The highest BCUT2D eigenvalue weighted by atomic mass is 16.4. The fourth-order valence-electron chi connectivity index (χ4n) is 1.93. The molecule has 0 aromatic heterocycles. The van der Waals surface area contributed by atoms with E-state index in [1.54, 1.807) is 24.3 Å². The highest BCUT2D eigenvalue weighted by Gasteiger charge is 2.33. The normalized spacial score (nSPS) is 23.5. The van der Waals surface area contributed by atoms with Crippen LogP contribution in [0.4, 0.5) is 0 Å². The lowest BCUT2D eigenvalue weighted by Crippen LogP contribution is -2.47. The summed E-state index contributed by atoms with van der Waals surface area (Å²) in [7, 11) is 0. The molecule has 1 aliphatic rings. The summed E-state index contributed by atoms with van der Waals surface area (Å²) in [5, 5.41) is 20.5. The summed E-state index contributed by atoms with van der Waals surface area (Å²) >= 11 is 0. The lowest BCUT2D eigenvalue weighted by molar-refractivity contribution is -0.143. The molecule has 2 atom stereocenters. The van der Waals surface area contributed by atoms with Crippen molar-refractivity contribution < 1.29 is 19.8 Å². The average Bonchev–Trinajstić information content (AvgIpc) is 2.27. The van der Waals surface area contributed by atoms with Crippen molar-refractivity contribution in [2.75, 3.05) is 0 Å². The number of benzene rings is 1. The van der Waals surface area contributed by atoms with E-state index in [1.807, 2.05) is 0 Å². The molecule has 0 aliphatic carbocycles. The van der Waals surface area contributed by atoms with Crippen molar-refractivity contribution in [3.05, 3.63) is 35.4 Å². The van der Waals surface area contributed by atoms with Crippen LogP contribution in [-0.4, -0.2) is 28.2 Å². The second kappa shape index (κ2) is 3.94. The molecule has 0 saturated carbocycles. The van der Waals surface area contributed by atoms with Crippen molar-refractivity contribution in [3.63, 3.8) is 0 Å². The van der Waals surface area contributed by atoms with Gasteiger partial charge in [-0.05, 0) is 17.5 Å². The van der Waals surface area contributed by atoms with Gasteiger partial charge in [0.15, 0.2) is 0 Å². The van der Waals surface area contributed by atoms with Gasteiger partial charge in [-0.15, -0.1) is 0 Å². The van der Waals surface area contributed by atoms with Gasteiger partial charge in [-0.2, -0.15) is 0 Å². The zero-order chi connectivity index (χ0) is 11.7. The molecule has 0 bridgehead atoms. The molecule has 16 heavy (non-hydrogen) atoms. The first kappa shape index (κ1) is 10.6. The molecular formula is C11H11NO4. The zero-order valence-electron chi connectivity index (χ0n) is 8.38. The number of nitrogens with one attached hydrogen (secondary N) is 1. The van der Waals surface area contributed by atoms with Crippen molar-refractivity contribution in [2.24, 2.45) is 0 Å². The number of carboxylic acids is 2. The molecule has 0 fully saturated rings. The van der Waals surface area contributed by atoms with Crippen molar-refractivity contribution >= 4 is 11.9 Å². The molecule has 5 heteroatoms. The van der Waals surface area contributed by atoms with E-state index in [1.165, 1.54) is 0 Å². The number of hydrogen-bond donors (Lipinski definition) is 3. The summed E-state index contributed by atoms with van der Waals surface area (Å²) in [6, 6.07) is 5.22. The minimum atomic E-state index is -1.06. The fourth-order valence-corrected chi connectivity index (χ4v) is 1.93. The third kappa shape index (κ3) is 1.77. The summed E-state index contributed by atoms with van der Waals surface area (Å²) in [5.74, 6) is -2.08. The third-order valence-corrected chi connectivity index (χ3v) is 2.70. The lowest BCUT2D eigenvalue weighted by Gasteiger charge is -2.28. The Morgan fingerprint density at radius 2 is 1.88 bits per heavy atom. The fraction of sp³-hybridized carbons (Fsp3) is 0.273. The van der Waals surface area contributed by atoms with E-state index in [4.69, 9.17) is 10.2 Å². The van der Waals surface area contributed by atoms with Gasteiger partial charge in [-0.1, -0.05) is 24.3 Å². The Hall–Kier alpha value is -1.88. The Morgan fingerprint density at radius 3 is 2.50 bits per heavy atom. The molecule has 0 saturated heterocycles. The summed E-state index contributed by atoms with van der Waals surface area (Å²) in [4.78, 5) is 21.9. The summed E-state index contributed by atoms with van der Waals surface area (Å²) in [5.41, 5.74) is 1.42. The molecule has 84 valence electrons. The third-order valence-electron chi connectivity index (χ3n) is 2.70. The molecule has 0 spiro atoms. The van der Waals surface area contributed by atoms with Crippen LogP contribution in [0.25, 0.3) is 0 Å². The van der Waals surface area contributed by atoms with E-state index in [9.17, 15) is 9.59 Å². The predicted octanol–water partition coefficient (Wildman–Crippen LogP) is 0.411. The highest BCUT2D eigenvalue weighted by molar-refractivity contribution is 5.80. The van der Waals surface area contributed by atoms with Crippen molar-refractivity contribution in [3.8, 4) is 0 Å². The van der Waals surface area contributed by atoms with Gasteiger partial charge in [-0.25, -0.2) is 0 Å². The van der Waals surface area contributed by atoms with Gasteiger partial charge < -0.3 is 10.2 Å². The number of rotatable bonds is 2. The molecule has 2 rings (SSSR count). The Balaban J connectivity index is 2.41. The molecule has 1 heterocycles. The van der Waals surface area contributed by atoms with Gasteiger partial charge in [0.25, 0.3) is 0 Å². The van der Waals surface area contributed by atoms with Gasteiger partial charge in [-0.3, -0.25) is 14.9 Å². The van der Waals surface area contributed by atoms with Crippen LogP contribution in [0.1, 0.15) is 17.2 Å². The first-order chi connectivity index (χ1) is 7.59. The lowest BCUT2D eigenvalue weighted by atomic mass is 9.90. The molecular weight excluding hydrogens is 210 g/mol. The standard InChI is InChI=1S/C11H11NO4/c13-10(14)8-5-6-3-1-2-4-7(6)9(12-8)11(15)16/h1-4,8-9,12H,5H2,(H,13,14)(H,15,16)/t8-,9-/m0/s1. The Labute approximate surface area is 91.7 Å². The number of carbonyl (C=O) groups is 2. The molecule has 3 N–H and O–H groups in total. The summed E-state index contributed by atoms with van der Waals surface area (Å²) < 4.78 is 0. The number of fused-ring (bicyclic) bond motifs is 1. The minimum Gasteiger partial charge on any atom is -0.480 e. The van der Waals surface area contributed by atoms with Crippen LogP contribution in [0.2, 0.25) is 0 Å². The first-order valence-electron chi connectivity index (χ1n) is 4.89. The summed E-state index contributed by atoms with van der Waals surface area (Å²) in [6.07, 6.45) is 0.315. The van der Waals surface area contributed by atoms with E-state index in [0.717, 1.165) is 5.56 Å². The van der Waals surface area contributed by atoms with Gasteiger partial charge in [0.1, 0.15) is 12.1 Å². The smallest absolute Gasteiger partial charge is 0.325 e. The maximum absolute atomic E-state index is 11.0. The highest BCUT2D eigenvalue weighted by Crippen LogP contribution is 2.25. The maximum atomic E-state index is 11.0. The molecule has 0 unspecified atom stereocenters. The van der Waals surface area contributed by atoms with E-state index >= 15 is 0 Å². The quantitative estimate of drug-likeness (QED) is 0.673. The monoisotopic (exact) mass is 221 g/mol. The van der Waals surface area contributed by atoms with Crippen LogP contribution in [-0.2, 0) is 16.0 Å². The van der Waals surface area contributed by atoms with Crippen molar-refractivity contribution in [2.45, 2.75) is 18.5 Å². The maximum Gasteiger partial charge on any atom is 0.325 e. The van der Waals surface area contributed by atoms with Gasteiger partial charge >= 0.3 is 11.9 Å². The largest absolute Gasteiger partial charge is 0.480 e. The SMILES string of the molecule is O=C(O)[C@@H]1Cc2ccccc2[C@@H](C(=O)O)N1. The Morgan fingerprint density at radius 1 is 1.19 bits per heavy atom. The molecule has 1 aromatic carbocycles. The topological polar surface area (TPSA) is 86.6 Å². The summed E-state index contributed by atoms with van der Waals surface area (Å²) in [6.45, 7) is 0. The van der Waals surface area contributed by atoms with E-state index in [-0.39, 0.29) is 0 Å². The van der Waals surface area contributed by atoms with Crippen LogP contribution >= 0.6 is 0 Å². The van der Waals surface area contributed by atoms with Crippen molar-refractivity contribution in [1.82, 2.24) is 5.32 Å². The van der Waals surface area contributed by atoms with Gasteiger partial charge in [0.2, 0.25) is 0 Å². The molecule has 0 radical (unpaired) electrons. The van der Waals surface area contributed by atoms with Crippen LogP contribution in [0.5, 0.6) is 0 Å². The Bertz CT molecular complexity index is 443. The van der Waals surface area contributed by atoms with E-state index in [2.05, 4.69) is 5.32 Å². The molecule has 1 aliphatic heterocycles. The predicted molar refractivity (Wildman–Crippen MR) is 55.1 cm³/mol. The number of aliphatic carboxylic acids is 2. The molecule has 1 aromatic rings. The molecule has 5 nitrogen and oxygen atoms in total. The average molecular weight is 221 g/mol. The van der Waals surface area contributed by atoms with Gasteiger partial charge in [0.05, 0.1) is 0 Å². The zero-order valence-corrected chi connectivity index (χ0v) is 8.38. The van der Waals surface area contributed by atoms with Crippen molar-refractivity contribution in [1.29, 1.82) is 0 Å². The number of carboxylic acid groups (broad SMARTS) is 2. The first-order valence-corrected chi connectivity index (χ1v) is 4.89. The van der Waals surface area contributed by atoms with Crippen LogP contribution in [0.3, 0.4) is 0 Å². The van der Waals surface area contributed by atoms with Gasteiger partial charge in [0, 0.05) is 0 Å². The van der Waals surface area contributed by atoms with Crippen LogP contribution in [0.15, 0.2) is 24.3 Å². The second-order valence-electron chi connectivity index (χ2n) is 3.73. The van der Waals surface area contributed by atoms with E-state index < -0.39 is 24.0 Å². The number of hydrogen-bond acceptors (Lipinski definition) is 3. The van der Waals surface area contributed by atoms with Crippen LogP contribution < -0.4 is 5.32 Å².